The molecule has 0 spiro atoms. The van der Waals surface area contributed by atoms with Crippen LogP contribution in [0, 0.1) is 13.8 Å². The van der Waals surface area contributed by atoms with Crippen LogP contribution in [-0.4, -0.2) is 18.3 Å². The number of aryl methyl sites for hydroxylation is 2. The highest BCUT2D eigenvalue weighted by Crippen LogP contribution is 2.25. The highest BCUT2D eigenvalue weighted by atomic mass is 79.9. The summed E-state index contributed by atoms with van der Waals surface area (Å²) in [6, 6.07) is 3.97. The number of hydrogen-bond acceptors (Lipinski definition) is 2. The quantitative estimate of drug-likeness (QED) is 0.913. The van der Waals surface area contributed by atoms with Gasteiger partial charge in [0.25, 0.3) is 0 Å². The van der Waals surface area contributed by atoms with Crippen LogP contribution >= 0.6 is 15.9 Å². The van der Waals surface area contributed by atoms with Crippen LogP contribution in [0.25, 0.3) is 0 Å². The second kappa shape index (κ2) is 5.64. The molecule has 0 aliphatic heterocycles. The Morgan fingerprint density at radius 2 is 1.87 bits per heavy atom. The molecule has 1 unspecified atom stereocenters. The Balaban J connectivity index is 2.86. The van der Waals surface area contributed by atoms with Gasteiger partial charge in [0.15, 0.2) is 0 Å². The van der Waals surface area contributed by atoms with Crippen molar-refractivity contribution in [2.24, 2.45) is 0 Å². The summed E-state index contributed by atoms with van der Waals surface area (Å²) in [7, 11) is 0. The van der Waals surface area contributed by atoms with Gasteiger partial charge in [0, 0.05) is 11.1 Å². The van der Waals surface area contributed by atoms with Crippen LogP contribution in [0.3, 0.4) is 0 Å². The van der Waals surface area contributed by atoms with Crippen molar-refractivity contribution >= 4 is 15.9 Å². The molecule has 0 aliphatic carbocycles. The van der Waals surface area contributed by atoms with Crippen molar-refractivity contribution in [1.82, 2.24) is 0 Å². The maximum Gasteiger partial charge on any atom is 0.102 e. The monoisotopic (exact) mass is 272 g/mol. The van der Waals surface area contributed by atoms with E-state index in [0.29, 0.717) is 13.2 Å². The molecule has 0 aromatic heterocycles. The topological polar surface area (TPSA) is 29.5 Å². The molecule has 0 heterocycles. The second-order valence-corrected chi connectivity index (χ2v) is 4.44. The molecule has 1 N–H and O–H groups in total. The lowest BCUT2D eigenvalue weighted by Gasteiger charge is -2.13. The molecule has 0 radical (unpaired) electrons. The highest BCUT2D eigenvalue weighted by Gasteiger charge is 2.10. The number of halogens is 1. The summed E-state index contributed by atoms with van der Waals surface area (Å²) in [5, 5.41) is 9.85. The Kier molecular flexibility index (Phi) is 4.77. The van der Waals surface area contributed by atoms with Crippen molar-refractivity contribution in [2.45, 2.75) is 26.9 Å². The molecule has 0 aliphatic rings. The molecule has 84 valence electrons. The molecule has 15 heavy (non-hydrogen) atoms. The minimum Gasteiger partial charge on any atom is -0.386 e. The zero-order valence-corrected chi connectivity index (χ0v) is 11.0. The number of rotatable bonds is 4. The van der Waals surface area contributed by atoms with Crippen molar-refractivity contribution in [3.05, 3.63) is 33.3 Å². The predicted molar refractivity (Wildman–Crippen MR) is 65.1 cm³/mol. The summed E-state index contributed by atoms with van der Waals surface area (Å²) in [6.45, 7) is 6.95. The molecule has 0 fully saturated rings. The molecule has 2 nitrogen and oxygen atoms in total. The van der Waals surface area contributed by atoms with Gasteiger partial charge in [-0.25, -0.2) is 0 Å². The smallest absolute Gasteiger partial charge is 0.102 e. The highest BCUT2D eigenvalue weighted by molar-refractivity contribution is 9.10. The van der Waals surface area contributed by atoms with Gasteiger partial charge in [-0.05, 0) is 37.5 Å². The molecule has 0 saturated carbocycles. The first-order chi connectivity index (χ1) is 7.06. The summed E-state index contributed by atoms with van der Waals surface area (Å²) in [6.07, 6.45) is -0.532. The van der Waals surface area contributed by atoms with E-state index >= 15 is 0 Å². The van der Waals surface area contributed by atoms with Gasteiger partial charge in [-0.2, -0.15) is 0 Å². The summed E-state index contributed by atoms with van der Waals surface area (Å²) in [4.78, 5) is 0. The average Bonchev–Trinajstić information content (AvgIpc) is 2.21. The van der Waals surface area contributed by atoms with Gasteiger partial charge in [0.05, 0.1) is 6.61 Å². The van der Waals surface area contributed by atoms with Gasteiger partial charge >= 0.3 is 0 Å². The second-order valence-electron chi connectivity index (χ2n) is 3.64. The summed E-state index contributed by atoms with van der Waals surface area (Å²) in [5.41, 5.74) is 3.20. The van der Waals surface area contributed by atoms with Gasteiger partial charge < -0.3 is 9.84 Å². The first-order valence-electron chi connectivity index (χ1n) is 5.08. The van der Waals surface area contributed by atoms with E-state index in [9.17, 15) is 5.11 Å². The lowest BCUT2D eigenvalue weighted by atomic mass is 10.0. The third kappa shape index (κ3) is 3.30. The normalized spacial score (nSPS) is 12.9. The fourth-order valence-electron chi connectivity index (χ4n) is 1.50. The van der Waals surface area contributed by atoms with E-state index in [-0.39, 0.29) is 0 Å². The largest absolute Gasteiger partial charge is 0.386 e. The first-order valence-corrected chi connectivity index (χ1v) is 5.88. The van der Waals surface area contributed by atoms with Crippen molar-refractivity contribution in [1.29, 1.82) is 0 Å². The maximum atomic E-state index is 9.85. The van der Waals surface area contributed by atoms with Crippen LogP contribution in [-0.2, 0) is 4.74 Å². The molecular formula is C12H17BrO2. The average molecular weight is 273 g/mol. The summed E-state index contributed by atoms with van der Waals surface area (Å²) in [5.74, 6) is 0. The SMILES string of the molecule is CCOCC(O)c1cc(C)c(Br)c(C)c1. The Hall–Kier alpha value is -0.380. The van der Waals surface area contributed by atoms with Crippen molar-refractivity contribution < 1.29 is 9.84 Å². The summed E-state index contributed by atoms with van der Waals surface area (Å²) < 4.78 is 6.30. The van der Waals surface area contributed by atoms with Crippen molar-refractivity contribution in [3.63, 3.8) is 0 Å². The number of aliphatic hydroxyl groups excluding tert-OH is 1. The number of hydrogen-bond donors (Lipinski definition) is 1. The van der Waals surface area contributed by atoms with Crippen LogP contribution in [0.2, 0.25) is 0 Å². The van der Waals surface area contributed by atoms with E-state index in [1.165, 1.54) is 0 Å². The summed E-state index contributed by atoms with van der Waals surface area (Å²) >= 11 is 3.50. The van der Waals surface area contributed by atoms with E-state index in [4.69, 9.17) is 4.74 Å². The molecular weight excluding hydrogens is 256 g/mol. The fraction of sp³-hybridized carbons (Fsp3) is 0.500. The van der Waals surface area contributed by atoms with E-state index in [1.54, 1.807) is 0 Å². The van der Waals surface area contributed by atoms with Crippen molar-refractivity contribution in [3.8, 4) is 0 Å². The third-order valence-corrected chi connectivity index (χ3v) is 3.57. The van der Waals surface area contributed by atoms with Crippen LogP contribution < -0.4 is 0 Å². The Labute approximate surface area is 99.4 Å². The fourth-order valence-corrected chi connectivity index (χ4v) is 1.73. The minimum atomic E-state index is -0.532. The molecule has 3 heteroatoms. The third-order valence-electron chi connectivity index (χ3n) is 2.32. The molecule has 0 saturated heterocycles. The van der Waals surface area contributed by atoms with E-state index in [2.05, 4.69) is 15.9 Å². The van der Waals surface area contributed by atoms with E-state index < -0.39 is 6.10 Å². The van der Waals surface area contributed by atoms with Crippen LogP contribution in [0.5, 0.6) is 0 Å². The van der Waals surface area contributed by atoms with Crippen LogP contribution in [0.15, 0.2) is 16.6 Å². The molecule has 1 rings (SSSR count). The predicted octanol–water partition coefficient (Wildman–Crippen LogP) is 3.14. The zero-order chi connectivity index (χ0) is 11.4. The van der Waals surface area contributed by atoms with Crippen LogP contribution in [0.4, 0.5) is 0 Å². The number of aliphatic hydroxyl groups is 1. The Morgan fingerprint density at radius 1 is 1.33 bits per heavy atom. The zero-order valence-electron chi connectivity index (χ0n) is 9.38. The molecule has 1 aromatic rings. The minimum absolute atomic E-state index is 0.358. The molecule has 1 atom stereocenters. The van der Waals surface area contributed by atoms with Crippen LogP contribution in [0.1, 0.15) is 29.7 Å². The lowest BCUT2D eigenvalue weighted by Crippen LogP contribution is -2.07. The lowest BCUT2D eigenvalue weighted by molar-refractivity contribution is 0.0420. The van der Waals surface area contributed by atoms with Crippen molar-refractivity contribution in [2.75, 3.05) is 13.2 Å². The van der Waals surface area contributed by atoms with Gasteiger partial charge in [-0.3, -0.25) is 0 Å². The maximum absolute atomic E-state index is 9.85. The van der Waals surface area contributed by atoms with E-state index in [0.717, 1.165) is 21.2 Å². The van der Waals surface area contributed by atoms with Gasteiger partial charge in [-0.15, -0.1) is 0 Å². The van der Waals surface area contributed by atoms with E-state index in [1.807, 2.05) is 32.9 Å². The Bertz CT molecular complexity index is 313. The molecule has 0 bridgehead atoms. The Morgan fingerprint density at radius 3 is 2.33 bits per heavy atom. The molecule has 1 aromatic carbocycles. The van der Waals surface area contributed by atoms with Gasteiger partial charge in [0.1, 0.15) is 6.10 Å². The standard InChI is InChI=1S/C12H17BrO2/c1-4-15-7-11(14)10-5-8(2)12(13)9(3)6-10/h5-6,11,14H,4,7H2,1-3H3. The molecule has 0 amide bonds. The first kappa shape index (κ1) is 12.7. The van der Waals surface area contributed by atoms with Gasteiger partial charge in [0.2, 0.25) is 0 Å². The van der Waals surface area contributed by atoms with Gasteiger partial charge in [-0.1, -0.05) is 28.1 Å². The number of ether oxygens (including phenoxy) is 1. The number of benzene rings is 1.